The molecule has 2 aromatic rings. The summed E-state index contributed by atoms with van der Waals surface area (Å²) >= 11 is 0. The van der Waals surface area contributed by atoms with Gasteiger partial charge in [0.25, 0.3) is 0 Å². The van der Waals surface area contributed by atoms with Crippen LogP contribution in [0.1, 0.15) is 17.5 Å². The maximum absolute atomic E-state index is 12.8. The van der Waals surface area contributed by atoms with E-state index in [4.69, 9.17) is 5.73 Å². The molecule has 1 saturated heterocycles. The molecule has 122 valence electrons. The van der Waals surface area contributed by atoms with Gasteiger partial charge in [-0.2, -0.15) is 0 Å². The fourth-order valence-corrected chi connectivity index (χ4v) is 4.07. The number of rotatable bonds is 3. The summed E-state index contributed by atoms with van der Waals surface area (Å²) in [5.74, 6) is -1.19. The number of nitrogens with two attached hydrogens (primary N) is 1. The molecule has 1 fully saturated rings. The van der Waals surface area contributed by atoms with Crippen molar-refractivity contribution in [2.75, 3.05) is 5.32 Å². The summed E-state index contributed by atoms with van der Waals surface area (Å²) in [7, 11) is 0. The highest BCUT2D eigenvalue weighted by molar-refractivity contribution is 6.09. The molecule has 4 N–H and O–H groups in total. The van der Waals surface area contributed by atoms with Gasteiger partial charge in [0.1, 0.15) is 5.54 Å². The number of primary amides is 1. The highest BCUT2D eigenvalue weighted by atomic mass is 16.2. The van der Waals surface area contributed by atoms with Gasteiger partial charge in [-0.3, -0.25) is 14.9 Å². The molecule has 5 heteroatoms. The Balaban J connectivity index is 1.72. The number of nitrogens with one attached hydrogen (secondary N) is 2. The summed E-state index contributed by atoms with van der Waals surface area (Å²) in [6.45, 7) is 0. The van der Waals surface area contributed by atoms with Crippen LogP contribution in [-0.2, 0) is 21.5 Å². The first kappa shape index (κ1) is 14.9. The zero-order chi connectivity index (χ0) is 16.7. The van der Waals surface area contributed by atoms with Crippen molar-refractivity contribution in [2.45, 2.75) is 24.4 Å². The van der Waals surface area contributed by atoms with Crippen LogP contribution in [0.4, 0.5) is 5.69 Å². The van der Waals surface area contributed by atoms with Gasteiger partial charge in [0, 0.05) is 17.3 Å². The largest absolute Gasteiger partial charge is 0.369 e. The maximum atomic E-state index is 12.8. The van der Waals surface area contributed by atoms with Crippen LogP contribution in [0.5, 0.6) is 0 Å². The number of hydrogen-bond donors (Lipinski definition) is 3. The minimum absolute atomic E-state index is 0.0156. The van der Waals surface area contributed by atoms with Gasteiger partial charge in [0.2, 0.25) is 11.8 Å². The van der Waals surface area contributed by atoms with Crippen molar-refractivity contribution >= 4 is 17.5 Å². The SMILES string of the molecule is NC(=O)[C@@H]1C[C@H](Cc2ccccc2)N[C@]12C(=O)Nc1ccccc12. The Morgan fingerprint density at radius 1 is 1.12 bits per heavy atom. The standard InChI is InChI=1S/C19H19N3O2/c20-17(23)15-11-13(10-12-6-2-1-3-7-12)22-19(15)14-8-4-5-9-16(14)21-18(19)24/h1-9,13,15,22H,10-11H2,(H2,20,23)(H,21,24)/t13-,15-,19-/m0/s1. The quantitative estimate of drug-likeness (QED) is 0.802. The second-order valence-corrected chi connectivity index (χ2v) is 6.53. The molecule has 2 aliphatic rings. The highest BCUT2D eigenvalue weighted by Crippen LogP contribution is 2.47. The molecule has 4 rings (SSSR count). The molecule has 0 radical (unpaired) electrons. The normalized spacial score (nSPS) is 27.9. The number of hydrogen-bond acceptors (Lipinski definition) is 3. The van der Waals surface area contributed by atoms with E-state index in [1.54, 1.807) is 0 Å². The zero-order valence-electron chi connectivity index (χ0n) is 13.2. The van der Waals surface area contributed by atoms with E-state index in [2.05, 4.69) is 22.8 Å². The lowest BCUT2D eigenvalue weighted by Gasteiger charge is -2.28. The van der Waals surface area contributed by atoms with Crippen LogP contribution in [0.2, 0.25) is 0 Å². The van der Waals surface area contributed by atoms with Crippen LogP contribution < -0.4 is 16.4 Å². The third kappa shape index (κ3) is 2.12. The summed E-state index contributed by atoms with van der Waals surface area (Å²) < 4.78 is 0. The number of para-hydroxylation sites is 1. The van der Waals surface area contributed by atoms with Crippen LogP contribution in [0.25, 0.3) is 0 Å². The molecule has 24 heavy (non-hydrogen) atoms. The number of fused-ring (bicyclic) bond motifs is 2. The number of amides is 2. The molecule has 2 aromatic carbocycles. The fraction of sp³-hybridized carbons (Fsp3) is 0.263. The van der Waals surface area contributed by atoms with E-state index in [1.165, 1.54) is 5.56 Å². The molecule has 3 atom stereocenters. The predicted molar refractivity (Wildman–Crippen MR) is 91.1 cm³/mol. The summed E-state index contributed by atoms with van der Waals surface area (Å²) in [6, 6.07) is 17.6. The molecule has 0 saturated carbocycles. The van der Waals surface area contributed by atoms with E-state index < -0.39 is 17.4 Å². The van der Waals surface area contributed by atoms with Gasteiger partial charge in [0.05, 0.1) is 5.92 Å². The van der Waals surface area contributed by atoms with E-state index in [0.717, 1.165) is 17.7 Å². The van der Waals surface area contributed by atoms with Crippen molar-refractivity contribution in [3.8, 4) is 0 Å². The van der Waals surface area contributed by atoms with Crippen molar-refractivity contribution < 1.29 is 9.59 Å². The molecule has 0 aliphatic carbocycles. The fourth-order valence-electron chi connectivity index (χ4n) is 4.07. The Bertz CT molecular complexity index is 805. The lowest BCUT2D eigenvalue weighted by Crippen LogP contribution is -2.52. The van der Waals surface area contributed by atoms with Crippen molar-refractivity contribution in [3.05, 3.63) is 65.7 Å². The molecular formula is C19H19N3O2. The third-order valence-electron chi connectivity index (χ3n) is 5.10. The van der Waals surface area contributed by atoms with E-state index in [9.17, 15) is 9.59 Å². The molecule has 0 bridgehead atoms. The van der Waals surface area contributed by atoms with E-state index in [-0.39, 0.29) is 11.9 Å². The molecule has 2 aliphatic heterocycles. The number of carbonyl (C=O) groups is 2. The van der Waals surface area contributed by atoms with E-state index in [0.29, 0.717) is 6.42 Å². The van der Waals surface area contributed by atoms with E-state index >= 15 is 0 Å². The van der Waals surface area contributed by atoms with Gasteiger partial charge < -0.3 is 11.1 Å². The molecule has 1 spiro atoms. The Kier molecular flexibility index (Phi) is 3.39. The first-order valence-corrected chi connectivity index (χ1v) is 8.13. The van der Waals surface area contributed by atoms with Gasteiger partial charge in [-0.05, 0) is 24.5 Å². The van der Waals surface area contributed by atoms with Crippen LogP contribution >= 0.6 is 0 Å². The van der Waals surface area contributed by atoms with Crippen molar-refractivity contribution in [3.63, 3.8) is 0 Å². The lowest BCUT2D eigenvalue weighted by molar-refractivity contribution is -0.131. The van der Waals surface area contributed by atoms with Gasteiger partial charge in [-0.15, -0.1) is 0 Å². The molecule has 0 unspecified atom stereocenters. The van der Waals surface area contributed by atoms with Crippen molar-refractivity contribution in [1.82, 2.24) is 5.32 Å². The average molecular weight is 321 g/mol. The Morgan fingerprint density at radius 3 is 2.58 bits per heavy atom. The van der Waals surface area contributed by atoms with Gasteiger partial charge in [-0.1, -0.05) is 48.5 Å². The zero-order valence-corrected chi connectivity index (χ0v) is 13.2. The minimum Gasteiger partial charge on any atom is -0.369 e. The topological polar surface area (TPSA) is 84.2 Å². The van der Waals surface area contributed by atoms with Crippen molar-refractivity contribution in [1.29, 1.82) is 0 Å². The molecule has 0 aromatic heterocycles. The highest BCUT2D eigenvalue weighted by Gasteiger charge is 2.59. The summed E-state index contributed by atoms with van der Waals surface area (Å²) in [5, 5.41) is 6.33. The predicted octanol–water partition coefficient (Wildman–Crippen LogP) is 1.54. The van der Waals surface area contributed by atoms with Crippen LogP contribution in [0.3, 0.4) is 0 Å². The molecule has 2 amide bonds. The van der Waals surface area contributed by atoms with Crippen LogP contribution in [-0.4, -0.2) is 17.9 Å². The first-order chi connectivity index (χ1) is 11.6. The number of anilines is 1. The number of carbonyl (C=O) groups excluding carboxylic acids is 2. The second kappa shape index (κ2) is 5.46. The van der Waals surface area contributed by atoms with Crippen LogP contribution in [0.15, 0.2) is 54.6 Å². The number of benzene rings is 2. The summed E-state index contributed by atoms with van der Waals surface area (Å²) in [6.07, 6.45) is 1.30. The second-order valence-electron chi connectivity index (χ2n) is 6.53. The van der Waals surface area contributed by atoms with Gasteiger partial charge in [-0.25, -0.2) is 0 Å². The maximum Gasteiger partial charge on any atom is 0.250 e. The monoisotopic (exact) mass is 321 g/mol. The Hall–Kier alpha value is -2.66. The Morgan fingerprint density at radius 2 is 1.83 bits per heavy atom. The molecular weight excluding hydrogens is 302 g/mol. The van der Waals surface area contributed by atoms with Crippen LogP contribution in [0, 0.1) is 5.92 Å². The first-order valence-electron chi connectivity index (χ1n) is 8.13. The van der Waals surface area contributed by atoms with Gasteiger partial charge in [0.15, 0.2) is 0 Å². The van der Waals surface area contributed by atoms with Gasteiger partial charge >= 0.3 is 0 Å². The Labute approximate surface area is 140 Å². The minimum atomic E-state index is -1.05. The molecule has 5 nitrogen and oxygen atoms in total. The smallest absolute Gasteiger partial charge is 0.250 e. The average Bonchev–Trinajstić information content (AvgIpc) is 3.09. The lowest BCUT2D eigenvalue weighted by atomic mass is 9.79. The van der Waals surface area contributed by atoms with Crippen molar-refractivity contribution in [2.24, 2.45) is 11.7 Å². The van der Waals surface area contributed by atoms with E-state index in [1.807, 2.05) is 42.5 Å². The summed E-state index contributed by atoms with van der Waals surface area (Å²) in [5.41, 5.74) is 7.35. The summed E-state index contributed by atoms with van der Waals surface area (Å²) in [4.78, 5) is 24.9. The third-order valence-corrected chi connectivity index (χ3v) is 5.10. The molecule has 2 heterocycles.